The molecule has 0 aliphatic carbocycles. The first kappa shape index (κ1) is 31.3. The van der Waals surface area contributed by atoms with Crippen molar-refractivity contribution in [3.63, 3.8) is 0 Å². The Bertz CT molecular complexity index is 1300. The zero-order valence-corrected chi connectivity index (χ0v) is 24.8. The van der Waals surface area contributed by atoms with Crippen LogP contribution >= 0.6 is 35.0 Å². The molecule has 1 saturated heterocycles. The highest BCUT2D eigenvalue weighted by Crippen LogP contribution is 2.35. The number of likely N-dealkylation sites (tertiary alicyclic amines) is 1. The van der Waals surface area contributed by atoms with E-state index in [1.807, 2.05) is 37.4 Å². The van der Waals surface area contributed by atoms with Crippen molar-refractivity contribution in [1.29, 1.82) is 0 Å². The van der Waals surface area contributed by atoms with Crippen LogP contribution in [0.25, 0.3) is 6.08 Å². The van der Waals surface area contributed by atoms with Gasteiger partial charge in [0, 0.05) is 61.9 Å². The Hall–Kier alpha value is -3.21. The van der Waals surface area contributed by atoms with Crippen molar-refractivity contribution < 1.29 is 24.3 Å². The smallest absolute Gasteiger partial charge is 0.328 e. The lowest BCUT2D eigenvalue weighted by atomic mass is 9.95. The Kier molecular flexibility index (Phi) is 11.3. The fourth-order valence-corrected chi connectivity index (χ4v) is 5.35. The lowest BCUT2D eigenvalue weighted by molar-refractivity contribution is -0.142. The predicted octanol–water partition coefficient (Wildman–Crippen LogP) is 4.03. The first-order valence-corrected chi connectivity index (χ1v) is 14.6. The zero-order valence-electron chi connectivity index (χ0n) is 22.4. The van der Waals surface area contributed by atoms with E-state index in [9.17, 15) is 24.3 Å². The monoisotopic (exact) mass is 606 g/mol. The molecule has 12 heteroatoms. The summed E-state index contributed by atoms with van der Waals surface area (Å²) < 4.78 is 0. The van der Waals surface area contributed by atoms with Gasteiger partial charge in [-0.1, -0.05) is 35.3 Å². The molecule has 0 radical (unpaired) electrons. The number of nitrogens with one attached hydrogen (secondary N) is 2. The molecule has 1 aliphatic rings. The number of anilines is 1. The number of hydrogen-bond acceptors (Lipinski definition) is 6. The van der Waals surface area contributed by atoms with E-state index in [1.54, 1.807) is 35.2 Å². The summed E-state index contributed by atoms with van der Waals surface area (Å²) in [5.74, 6) is -2.78. The SMILES string of the molecule is CSc1ccc(/C=C/C(=O)N2CCC(C(=O)N[C@@H](CNC(=O)c3cccc(N(C)C)c3)C(=O)O)CC2)c(Cl)c1Cl. The van der Waals surface area contributed by atoms with Gasteiger partial charge in [-0.05, 0) is 55.0 Å². The van der Waals surface area contributed by atoms with Gasteiger partial charge in [0.05, 0.1) is 10.0 Å². The van der Waals surface area contributed by atoms with E-state index in [4.69, 9.17) is 23.2 Å². The highest BCUT2D eigenvalue weighted by molar-refractivity contribution is 7.98. The maximum atomic E-state index is 12.8. The Balaban J connectivity index is 1.51. The summed E-state index contributed by atoms with van der Waals surface area (Å²) in [6.45, 7) is 0.425. The molecule has 0 saturated carbocycles. The second-order valence-corrected chi connectivity index (χ2v) is 11.1. The Morgan fingerprint density at radius 3 is 2.45 bits per heavy atom. The van der Waals surface area contributed by atoms with Crippen molar-refractivity contribution in [1.82, 2.24) is 15.5 Å². The first-order valence-electron chi connectivity index (χ1n) is 12.6. The minimum absolute atomic E-state index is 0.218. The third-order valence-electron chi connectivity index (χ3n) is 6.59. The van der Waals surface area contributed by atoms with Gasteiger partial charge in [0.25, 0.3) is 5.91 Å². The van der Waals surface area contributed by atoms with Crippen molar-refractivity contribution in [3.8, 4) is 0 Å². The van der Waals surface area contributed by atoms with Gasteiger partial charge in [-0.15, -0.1) is 11.8 Å². The van der Waals surface area contributed by atoms with Gasteiger partial charge < -0.3 is 25.5 Å². The number of rotatable bonds is 10. The van der Waals surface area contributed by atoms with Crippen LogP contribution < -0.4 is 15.5 Å². The molecule has 0 unspecified atom stereocenters. The summed E-state index contributed by atoms with van der Waals surface area (Å²) in [5, 5.41) is 15.5. The van der Waals surface area contributed by atoms with E-state index in [1.165, 1.54) is 17.8 Å². The molecule has 2 aromatic rings. The highest BCUT2D eigenvalue weighted by atomic mass is 35.5. The molecule has 3 N–H and O–H groups in total. The number of carboxylic acid groups (broad SMARTS) is 1. The number of nitrogens with zero attached hydrogens (tertiary/aromatic N) is 2. The standard InChI is InChI=1S/C28H32Cl2N4O5S/c1-33(2)20-6-4-5-19(15-20)26(36)31-16-21(28(38)39)32-27(37)18-11-13-34(14-12-18)23(35)10-8-17-7-9-22(40-3)25(30)24(17)29/h4-10,15,18,21H,11-14,16H2,1-3H3,(H,31,36)(H,32,37)(H,38,39)/b10-8+/t21-/m0/s1. The summed E-state index contributed by atoms with van der Waals surface area (Å²) in [7, 11) is 3.70. The molecule has 3 amide bonds. The number of halogens is 2. The van der Waals surface area contributed by atoms with Crippen molar-refractivity contribution in [3.05, 3.63) is 63.6 Å². The molecule has 214 valence electrons. The molecule has 2 aromatic carbocycles. The van der Waals surface area contributed by atoms with Gasteiger partial charge in [-0.25, -0.2) is 4.79 Å². The van der Waals surface area contributed by atoms with E-state index in [0.717, 1.165) is 10.6 Å². The molecule has 0 aromatic heterocycles. The van der Waals surface area contributed by atoms with Gasteiger partial charge in [-0.2, -0.15) is 0 Å². The molecule has 9 nitrogen and oxygen atoms in total. The normalized spacial score (nSPS) is 14.6. The van der Waals surface area contributed by atoms with Crippen molar-refractivity contribution >= 4 is 70.4 Å². The number of hydrogen-bond donors (Lipinski definition) is 3. The third kappa shape index (κ3) is 8.16. The Morgan fingerprint density at radius 1 is 1.12 bits per heavy atom. The van der Waals surface area contributed by atoms with E-state index < -0.39 is 29.7 Å². The van der Waals surface area contributed by atoms with Gasteiger partial charge >= 0.3 is 5.97 Å². The third-order valence-corrected chi connectivity index (χ3v) is 8.37. The molecule has 1 fully saturated rings. The van der Waals surface area contributed by atoms with Crippen molar-refractivity contribution in [2.24, 2.45) is 5.92 Å². The van der Waals surface area contributed by atoms with Crippen LogP contribution in [0.5, 0.6) is 0 Å². The van der Waals surface area contributed by atoms with Crippen LogP contribution in [-0.2, 0) is 14.4 Å². The lowest BCUT2D eigenvalue weighted by Crippen LogP contribution is -2.51. The number of aliphatic carboxylic acids is 1. The van der Waals surface area contributed by atoms with Gasteiger partial charge in [0.15, 0.2) is 0 Å². The summed E-state index contributed by atoms with van der Waals surface area (Å²) in [4.78, 5) is 54.2. The Labute approximate surface area is 247 Å². The largest absolute Gasteiger partial charge is 0.480 e. The molecule has 0 bridgehead atoms. The number of carboxylic acids is 1. The molecule has 3 rings (SSSR count). The van der Waals surface area contributed by atoms with Crippen molar-refractivity contribution in [2.45, 2.75) is 23.8 Å². The second-order valence-electron chi connectivity index (χ2n) is 9.47. The maximum absolute atomic E-state index is 12.8. The average molecular weight is 608 g/mol. The molecule has 0 spiro atoms. The van der Waals surface area contributed by atoms with Crippen LogP contribution in [0.1, 0.15) is 28.8 Å². The number of piperidine rings is 1. The molecule has 1 atom stereocenters. The van der Waals surface area contributed by atoms with Gasteiger partial charge in [-0.3, -0.25) is 14.4 Å². The topological polar surface area (TPSA) is 119 Å². The van der Waals surface area contributed by atoms with Crippen LogP contribution in [0.3, 0.4) is 0 Å². The van der Waals surface area contributed by atoms with E-state index in [0.29, 0.717) is 47.1 Å². The minimum Gasteiger partial charge on any atom is -0.480 e. The predicted molar refractivity (Wildman–Crippen MR) is 159 cm³/mol. The molecular formula is C28H32Cl2N4O5S. The van der Waals surface area contributed by atoms with Gasteiger partial charge in [0.1, 0.15) is 6.04 Å². The lowest BCUT2D eigenvalue weighted by Gasteiger charge is -2.31. The molecular weight excluding hydrogens is 575 g/mol. The summed E-state index contributed by atoms with van der Waals surface area (Å²) in [6.07, 6.45) is 5.70. The fourth-order valence-electron chi connectivity index (χ4n) is 4.17. The van der Waals surface area contributed by atoms with E-state index in [-0.39, 0.29) is 12.5 Å². The maximum Gasteiger partial charge on any atom is 0.328 e. The van der Waals surface area contributed by atoms with Gasteiger partial charge in [0.2, 0.25) is 11.8 Å². The van der Waals surface area contributed by atoms with Crippen LogP contribution in [0, 0.1) is 5.92 Å². The summed E-state index contributed by atoms with van der Waals surface area (Å²) >= 11 is 14.1. The van der Waals surface area contributed by atoms with Crippen LogP contribution in [0.2, 0.25) is 10.0 Å². The summed E-state index contributed by atoms with van der Waals surface area (Å²) in [6, 6.07) is 9.26. The zero-order chi connectivity index (χ0) is 29.4. The van der Waals surface area contributed by atoms with Crippen LogP contribution in [-0.4, -0.2) is 79.7 Å². The average Bonchev–Trinajstić information content (AvgIpc) is 2.95. The molecule has 40 heavy (non-hydrogen) atoms. The second kappa shape index (κ2) is 14.4. The number of carbonyl (C=O) groups excluding carboxylic acids is 3. The van der Waals surface area contributed by atoms with Crippen molar-refractivity contribution in [2.75, 3.05) is 44.9 Å². The summed E-state index contributed by atoms with van der Waals surface area (Å²) in [5.41, 5.74) is 1.84. The molecule has 1 heterocycles. The Morgan fingerprint density at radius 2 is 1.82 bits per heavy atom. The molecule has 1 aliphatic heterocycles. The first-order chi connectivity index (χ1) is 19.0. The number of benzene rings is 2. The number of thioether (sulfide) groups is 1. The van der Waals surface area contributed by atoms with Crippen LogP contribution in [0.15, 0.2) is 47.4 Å². The fraction of sp³-hybridized carbons (Fsp3) is 0.357. The number of carbonyl (C=O) groups is 4. The van der Waals surface area contributed by atoms with E-state index >= 15 is 0 Å². The van der Waals surface area contributed by atoms with Crippen LogP contribution in [0.4, 0.5) is 5.69 Å². The quantitative estimate of drug-likeness (QED) is 0.276. The number of amides is 3. The minimum atomic E-state index is -1.29. The van der Waals surface area contributed by atoms with E-state index in [2.05, 4.69) is 10.6 Å². The highest BCUT2D eigenvalue weighted by Gasteiger charge is 2.30.